The molecule has 0 amide bonds. The maximum atomic E-state index is 3.78. The molecular formula is C12H18N2S. The van der Waals surface area contributed by atoms with E-state index >= 15 is 0 Å². The van der Waals surface area contributed by atoms with Gasteiger partial charge in [0, 0.05) is 44.1 Å². The van der Waals surface area contributed by atoms with Crippen LogP contribution in [0.25, 0.3) is 0 Å². The van der Waals surface area contributed by atoms with Gasteiger partial charge in [-0.15, -0.1) is 17.9 Å². The fourth-order valence-corrected chi connectivity index (χ4v) is 2.68. The van der Waals surface area contributed by atoms with Crippen LogP contribution < -0.4 is 0 Å². The number of hydrogen-bond donors (Lipinski definition) is 0. The Bertz CT molecular complexity index is 287. The Morgan fingerprint density at radius 2 is 2.00 bits per heavy atom. The van der Waals surface area contributed by atoms with Crippen LogP contribution in [-0.4, -0.2) is 42.5 Å². The summed E-state index contributed by atoms with van der Waals surface area (Å²) in [6.07, 6.45) is 1.99. The van der Waals surface area contributed by atoms with Crippen LogP contribution in [0.3, 0.4) is 0 Å². The molecule has 0 saturated carbocycles. The molecule has 1 aliphatic heterocycles. The van der Waals surface area contributed by atoms with Crippen LogP contribution in [0.1, 0.15) is 4.88 Å². The van der Waals surface area contributed by atoms with Crippen molar-refractivity contribution in [2.45, 2.75) is 6.54 Å². The molecule has 82 valence electrons. The van der Waals surface area contributed by atoms with E-state index in [1.165, 1.54) is 31.1 Å². The topological polar surface area (TPSA) is 6.48 Å². The van der Waals surface area contributed by atoms with Gasteiger partial charge in [0.2, 0.25) is 0 Å². The third-order valence-electron chi connectivity index (χ3n) is 2.81. The molecule has 0 unspecified atom stereocenters. The summed E-state index contributed by atoms with van der Waals surface area (Å²) in [6, 6.07) is 4.36. The van der Waals surface area contributed by atoms with Crippen LogP contribution in [0.2, 0.25) is 0 Å². The average Bonchev–Trinajstić information content (AvgIpc) is 2.74. The molecule has 2 nitrogen and oxygen atoms in total. The Hall–Kier alpha value is -0.640. The van der Waals surface area contributed by atoms with E-state index in [-0.39, 0.29) is 0 Å². The standard InChI is InChI=1S/C12H18N2S/c1-2-5-13-6-8-14(9-7-13)11-12-4-3-10-15-12/h2-4,10H,1,5-9,11H2. The van der Waals surface area contributed by atoms with E-state index in [9.17, 15) is 0 Å². The number of thiophene rings is 1. The fourth-order valence-electron chi connectivity index (χ4n) is 1.94. The maximum Gasteiger partial charge on any atom is 0.0328 e. The van der Waals surface area contributed by atoms with Gasteiger partial charge in [-0.05, 0) is 11.4 Å². The zero-order valence-electron chi connectivity index (χ0n) is 9.06. The number of nitrogens with zero attached hydrogens (tertiary/aromatic N) is 2. The minimum absolute atomic E-state index is 1.03. The summed E-state index contributed by atoms with van der Waals surface area (Å²) >= 11 is 1.86. The molecule has 1 aromatic heterocycles. The first-order chi connectivity index (χ1) is 7.38. The van der Waals surface area contributed by atoms with Gasteiger partial charge in [-0.25, -0.2) is 0 Å². The molecule has 0 atom stereocenters. The molecule has 0 aromatic carbocycles. The van der Waals surface area contributed by atoms with Crippen molar-refractivity contribution in [2.24, 2.45) is 0 Å². The van der Waals surface area contributed by atoms with Gasteiger partial charge in [0.15, 0.2) is 0 Å². The Labute approximate surface area is 95.8 Å². The normalized spacial score (nSPS) is 19.2. The second-order valence-corrected chi connectivity index (χ2v) is 4.98. The lowest BCUT2D eigenvalue weighted by atomic mass is 10.3. The largest absolute Gasteiger partial charge is 0.297 e. The number of piperazine rings is 1. The number of rotatable bonds is 4. The summed E-state index contributed by atoms with van der Waals surface area (Å²) in [4.78, 5) is 6.47. The summed E-state index contributed by atoms with van der Waals surface area (Å²) in [6.45, 7) is 10.7. The highest BCUT2D eigenvalue weighted by Crippen LogP contribution is 2.13. The van der Waals surface area contributed by atoms with Gasteiger partial charge in [-0.1, -0.05) is 12.1 Å². The van der Waals surface area contributed by atoms with Crippen LogP contribution >= 0.6 is 11.3 Å². The minimum Gasteiger partial charge on any atom is -0.297 e. The van der Waals surface area contributed by atoms with Crippen molar-refractivity contribution < 1.29 is 0 Å². The highest BCUT2D eigenvalue weighted by molar-refractivity contribution is 7.09. The molecule has 3 heteroatoms. The molecule has 0 bridgehead atoms. The second-order valence-electron chi connectivity index (χ2n) is 3.94. The van der Waals surface area contributed by atoms with Crippen LogP contribution in [-0.2, 0) is 6.54 Å². The molecular weight excluding hydrogens is 204 g/mol. The van der Waals surface area contributed by atoms with E-state index < -0.39 is 0 Å². The first-order valence-electron chi connectivity index (χ1n) is 5.46. The van der Waals surface area contributed by atoms with E-state index in [0.29, 0.717) is 0 Å². The summed E-state index contributed by atoms with van der Waals surface area (Å²) in [5, 5.41) is 2.16. The van der Waals surface area contributed by atoms with Crippen LogP contribution in [0.15, 0.2) is 30.2 Å². The molecule has 1 fully saturated rings. The van der Waals surface area contributed by atoms with Gasteiger partial charge >= 0.3 is 0 Å². The first kappa shape index (κ1) is 10.9. The molecule has 1 aromatic rings. The van der Waals surface area contributed by atoms with E-state index in [1.807, 2.05) is 17.4 Å². The third-order valence-corrected chi connectivity index (χ3v) is 3.67. The van der Waals surface area contributed by atoms with Crippen molar-refractivity contribution in [3.8, 4) is 0 Å². The van der Waals surface area contributed by atoms with Crippen molar-refractivity contribution in [3.05, 3.63) is 35.0 Å². The molecule has 0 aliphatic carbocycles. The highest BCUT2D eigenvalue weighted by Gasteiger charge is 2.15. The van der Waals surface area contributed by atoms with Crippen LogP contribution in [0.5, 0.6) is 0 Å². The zero-order chi connectivity index (χ0) is 10.5. The SMILES string of the molecule is C=CCN1CCN(Cc2cccs2)CC1. The van der Waals surface area contributed by atoms with Crippen LogP contribution in [0.4, 0.5) is 0 Å². The lowest BCUT2D eigenvalue weighted by molar-refractivity contribution is 0.138. The molecule has 1 saturated heterocycles. The Kier molecular flexibility index (Phi) is 3.94. The van der Waals surface area contributed by atoms with Crippen molar-refractivity contribution >= 4 is 11.3 Å². The van der Waals surface area contributed by atoms with Gasteiger partial charge in [-0.3, -0.25) is 9.80 Å². The van der Waals surface area contributed by atoms with Crippen molar-refractivity contribution in [3.63, 3.8) is 0 Å². The smallest absolute Gasteiger partial charge is 0.0328 e. The van der Waals surface area contributed by atoms with E-state index in [2.05, 4.69) is 33.9 Å². The van der Waals surface area contributed by atoms with Crippen molar-refractivity contribution in [2.75, 3.05) is 32.7 Å². The van der Waals surface area contributed by atoms with Gasteiger partial charge in [-0.2, -0.15) is 0 Å². The molecule has 0 N–H and O–H groups in total. The first-order valence-corrected chi connectivity index (χ1v) is 6.34. The summed E-state index contributed by atoms with van der Waals surface area (Å²) < 4.78 is 0. The molecule has 0 radical (unpaired) electrons. The summed E-state index contributed by atoms with van der Waals surface area (Å²) in [5.41, 5.74) is 0. The lowest BCUT2D eigenvalue weighted by Crippen LogP contribution is -2.45. The van der Waals surface area contributed by atoms with E-state index in [4.69, 9.17) is 0 Å². The van der Waals surface area contributed by atoms with Crippen molar-refractivity contribution in [1.29, 1.82) is 0 Å². The summed E-state index contributed by atoms with van der Waals surface area (Å²) in [5.74, 6) is 0. The van der Waals surface area contributed by atoms with Gasteiger partial charge in [0.05, 0.1) is 0 Å². The molecule has 2 rings (SSSR count). The number of hydrogen-bond acceptors (Lipinski definition) is 3. The average molecular weight is 222 g/mol. The summed E-state index contributed by atoms with van der Waals surface area (Å²) in [7, 11) is 0. The quantitative estimate of drug-likeness (QED) is 0.719. The monoisotopic (exact) mass is 222 g/mol. The van der Waals surface area contributed by atoms with Gasteiger partial charge in [0.25, 0.3) is 0 Å². The molecule has 1 aliphatic rings. The van der Waals surface area contributed by atoms with Crippen molar-refractivity contribution in [1.82, 2.24) is 9.80 Å². The van der Waals surface area contributed by atoms with Gasteiger partial charge < -0.3 is 0 Å². The minimum atomic E-state index is 1.03. The van der Waals surface area contributed by atoms with E-state index in [0.717, 1.165) is 13.1 Å². The fraction of sp³-hybridized carbons (Fsp3) is 0.500. The molecule has 0 spiro atoms. The second kappa shape index (κ2) is 5.45. The van der Waals surface area contributed by atoms with Crippen LogP contribution in [0, 0.1) is 0 Å². The van der Waals surface area contributed by atoms with E-state index in [1.54, 1.807) is 0 Å². The molecule has 2 heterocycles. The molecule has 15 heavy (non-hydrogen) atoms. The Balaban J connectivity index is 1.76. The predicted molar refractivity (Wildman–Crippen MR) is 66.2 cm³/mol. The zero-order valence-corrected chi connectivity index (χ0v) is 9.88. The van der Waals surface area contributed by atoms with Gasteiger partial charge in [0.1, 0.15) is 0 Å². The lowest BCUT2D eigenvalue weighted by Gasteiger charge is -2.33. The Morgan fingerprint density at radius 3 is 2.60 bits per heavy atom. The maximum absolute atomic E-state index is 3.78. The highest BCUT2D eigenvalue weighted by atomic mass is 32.1. The predicted octanol–water partition coefficient (Wildman–Crippen LogP) is 2.05. The Morgan fingerprint density at radius 1 is 1.27 bits per heavy atom. The third kappa shape index (κ3) is 3.16.